The molecule has 0 unspecified atom stereocenters. The number of thiazole rings is 2. The zero-order valence-electron chi connectivity index (χ0n) is 28.9. The van der Waals surface area contributed by atoms with E-state index in [4.69, 9.17) is 19.9 Å². The van der Waals surface area contributed by atoms with Crippen molar-refractivity contribution in [3.63, 3.8) is 0 Å². The quantitative estimate of drug-likeness (QED) is 0.129. The summed E-state index contributed by atoms with van der Waals surface area (Å²) in [4.78, 5) is 52.5. The maximum Gasteiger partial charge on any atom is 0.339 e. The number of anilines is 2. The molecule has 53 heavy (non-hydrogen) atoms. The fourth-order valence-corrected chi connectivity index (χ4v) is 7.31. The average Bonchev–Trinajstić information content (AvgIpc) is 3.93. The predicted molar refractivity (Wildman–Crippen MR) is 197 cm³/mol. The summed E-state index contributed by atoms with van der Waals surface area (Å²) in [5.74, 6) is -0.420. The summed E-state index contributed by atoms with van der Waals surface area (Å²) in [6.45, 7) is 0. The molecule has 3 N–H and O–H groups in total. The van der Waals surface area contributed by atoms with E-state index in [9.17, 15) is 22.8 Å². The van der Waals surface area contributed by atoms with E-state index in [0.29, 0.717) is 49.8 Å². The van der Waals surface area contributed by atoms with Crippen molar-refractivity contribution < 1.29 is 41.7 Å². The molecule has 1 saturated carbocycles. The number of nitrogens with zero attached hydrogens (tertiary/aromatic N) is 4. The van der Waals surface area contributed by atoms with Gasteiger partial charge in [0.05, 0.1) is 60.9 Å². The van der Waals surface area contributed by atoms with Gasteiger partial charge in [-0.05, 0) is 42.2 Å². The van der Waals surface area contributed by atoms with Crippen molar-refractivity contribution >= 4 is 60.6 Å². The Morgan fingerprint density at radius 3 is 1.89 bits per heavy atom. The van der Waals surface area contributed by atoms with Crippen LogP contribution in [0, 0.1) is 5.92 Å². The van der Waals surface area contributed by atoms with Crippen LogP contribution in [-0.4, -0.2) is 66.7 Å². The molecule has 6 rings (SSSR count). The Hall–Kier alpha value is -5.46. The summed E-state index contributed by atoms with van der Waals surface area (Å²) in [6.07, 6.45) is 15.0. The van der Waals surface area contributed by atoms with Crippen molar-refractivity contribution in [2.75, 3.05) is 31.5 Å². The Bertz CT molecular complexity index is 2150. The fourth-order valence-electron chi connectivity index (χ4n) is 5.44. The van der Waals surface area contributed by atoms with Gasteiger partial charge in [0.15, 0.2) is 20.1 Å². The van der Waals surface area contributed by atoms with Gasteiger partial charge in [-0.15, -0.1) is 0 Å². The molecule has 1 aliphatic rings. The summed E-state index contributed by atoms with van der Waals surface area (Å²) < 4.78 is 44.2. The Balaban J connectivity index is 0.000000265. The number of carbonyl (C=O) groups is 3. The summed E-state index contributed by atoms with van der Waals surface area (Å²) >= 11 is 2.35. The van der Waals surface area contributed by atoms with E-state index in [1.165, 1.54) is 74.9 Å². The van der Waals surface area contributed by atoms with Crippen LogP contribution in [0.2, 0.25) is 0 Å². The van der Waals surface area contributed by atoms with Gasteiger partial charge in [-0.2, -0.15) is 0 Å². The summed E-state index contributed by atoms with van der Waals surface area (Å²) in [5, 5.41) is 4.62. The molecule has 0 saturated heterocycles. The second-order valence-electron chi connectivity index (χ2n) is 11.8. The second kappa shape index (κ2) is 17.8. The second-order valence-corrected chi connectivity index (χ2v) is 15.8. The minimum absolute atomic E-state index is 0.204. The number of sulfone groups is 1. The minimum atomic E-state index is -3.32. The minimum Gasteiger partial charge on any atom is -0.465 e. The number of nitrogen functional groups attached to an aromatic ring is 1. The predicted octanol–water partition coefficient (Wildman–Crippen LogP) is 6.52. The summed E-state index contributed by atoms with van der Waals surface area (Å²) in [5.41, 5.74) is 6.81. The van der Waals surface area contributed by atoms with E-state index in [0.717, 1.165) is 48.8 Å². The lowest BCUT2D eigenvalue weighted by molar-refractivity contribution is -0.118. The number of methoxy groups -OCH3 is 2. The highest BCUT2D eigenvalue weighted by Crippen LogP contribution is 2.36. The first-order chi connectivity index (χ1) is 25.4. The Kier molecular flexibility index (Phi) is 13.1. The van der Waals surface area contributed by atoms with E-state index >= 15 is 0 Å². The molecular formula is C35H36N6O9S3. The van der Waals surface area contributed by atoms with Crippen molar-refractivity contribution in [1.82, 2.24) is 19.9 Å². The van der Waals surface area contributed by atoms with Crippen LogP contribution in [0.5, 0.6) is 21.6 Å². The van der Waals surface area contributed by atoms with Gasteiger partial charge < -0.3 is 30.0 Å². The number of nitrogens with two attached hydrogens (primary N) is 1. The first kappa shape index (κ1) is 38.8. The molecule has 1 aromatic carbocycles. The van der Waals surface area contributed by atoms with Gasteiger partial charge in [0.2, 0.25) is 16.0 Å². The van der Waals surface area contributed by atoms with Crippen LogP contribution in [-0.2, 0) is 24.1 Å². The molecule has 0 spiro atoms. The van der Waals surface area contributed by atoms with Gasteiger partial charge in [0.1, 0.15) is 11.5 Å². The highest BCUT2D eigenvalue weighted by Gasteiger charge is 2.28. The van der Waals surface area contributed by atoms with Crippen molar-refractivity contribution in [3.8, 4) is 21.6 Å². The number of rotatable bonds is 12. The number of hydrogen-bond acceptors (Lipinski definition) is 16. The third-order valence-corrected chi connectivity index (χ3v) is 10.6. The van der Waals surface area contributed by atoms with E-state index in [2.05, 4.69) is 30.0 Å². The fraction of sp³-hybridized carbons (Fsp3) is 0.286. The van der Waals surface area contributed by atoms with Crippen LogP contribution < -0.4 is 20.5 Å². The zero-order chi connectivity index (χ0) is 38.0. The Labute approximate surface area is 313 Å². The van der Waals surface area contributed by atoms with E-state index < -0.39 is 27.7 Å². The molecule has 5 aromatic rings. The van der Waals surface area contributed by atoms with Gasteiger partial charge in [-0.3, -0.25) is 14.8 Å². The standard InChI is InChI=1S/C25H27N3O6S2.C10H9N3O3S/c1-33-24(30)18-12-19(14-26-13-18)34-22-15-27-25(35-22)28-23(29)21(11-16-5-3-4-6-16)17-7-9-20(10-8-17)36(2,31)32;1-15-9(14)6-2-7(4-12-3-6)16-8-5-13-10(11)17-8/h7-10,12-16,21H,3-6,11H2,1-2H3,(H,27,28,29);2-5H,1H3,(H2,11,13)/t21-;/m1./s1. The van der Waals surface area contributed by atoms with Crippen molar-refractivity contribution in [2.24, 2.45) is 5.92 Å². The van der Waals surface area contributed by atoms with Crippen LogP contribution >= 0.6 is 22.7 Å². The smallest absolute Gasteiger partial charge is 0.339 e. The number of amides is 1. The van der Waals surface area contributed by atoms with Crippen LogP contribution in [0.15, 0.2) is 78.5 Å². The van der Waals surface area contributed by atoms with Crippen LogP contribution in [0.3, 0.4) is 0 Å². The molecule has 1 fully saturated rings. The summed E-state index contributed by atoms with van der Waals surface area (Å²) in [7, 11) is -0.731. The number of carbonyl (C=O) groups excluding carboxylic acids is 3. The Morgan fingerprint density at radius 2 is 1.38 bits per heavy atom. The number of pyridine rings is 2. The molecule has 0 radical (unpaired) electrons. The van der Waals surface area contributed by atoms with Gasteiger partial charge in [0, 0.05) is 18.6 Å². The van der Waals surface area contributed by atoms with Crippen LogP contribution in [0.25, 0.3) is 0 Å². The van der Waals surface area contributed by atoms with Gasteiger partial charge in [-0.1, -0.05) is 60.5 Å². The molecule has 1 amide bonds. The highest BCUT2D eigenvalue weighted by molar-refractivity contribution is 7.90. The topological polar surface area (TPSA) is 212 Å². The van der Waals surface area contributed by atoms with Crippen LogP contribution in [0.1, 0.15) is 64.3 Å². The lowest BCUT2D eigenvalue weighted by Crippen LogP contribution is -2.23. The highest BCUT2D eigenvalue weighted by atomic mass is 32.2. The lowest BCUT2D eigenvalue weighted by atomic mass is 9.87. The van der Waals surface area contributed by atoms with Crippen molar-refractivity contribution in [2.45, 2.75) is 42.9 Å². The molecule has 0 aliphatic heterocycles. The Morgan fingerprint density at radius 1 is 0.830 bits per heavy atom. The molecule has 1 atom stereocenters. The van der Waals surface area contributed by atoms with Crippen molar-refractivity contribution in [1.29, 1.82) is 0 Å². The van der Waals surface area contributed by atoms with Crippen molar-refractivity contribution in [3.05, 3.63) is 90.3 Å². The number of benzene rings is 1. The molecule has 18 heteroatoms. The number of ether oxygens (including phenoxy) is 4. The molecule has 1 aliphatic carbocycles. The zero-order valence-corrected chi connectivity index (χ0v) is 31.3. The molecule has 4 heterocycles. The van der Waals surface area contributed by atoms with E-state index in [1.807, 2.05) is 0 Å². The first-order valence-electron chi connectivity index (χ1n) is 16.1. The third-order valence-electron chi connectivity index (χ3n) is 7.99. The maximum absolute atomic E-state index is 13.3. The SMILES string of the molecule is COC(=O)c1cncc(Oc2cnc(N)s2)c1.COC(=O)c1cncc(Oc2cnc(NC(=O)[C@H](CC3CCCC3)c3ccc(S(C)(=O)=O)cc3)s2)c1. The number of hydrogen-bond donors (Lipinski definition) is 2. The maximum atomic E-state index is 13.3. The number of esters is 2. The summed E-state index contributed by atoms with van der Waals surface area (Å²) in [6, 6.07) is 9.57. The normalized spacial score (nSPS) is 13.3. The first-order valence-corrected chi connectivity index (χ1v) is 19.6. The molecule has 15 nitrogen and oxygen atoms in total. The number of aromatic nitrogens is 4. The van der Waals surface area contributed by atoms with Gasteiger partial charge in [0.25, 0.3) is 0 Å². The third kappa shape index (κ3) is 11.0. The molecule has 4 aromatic heterocycles. The van der Waals surface area contributed by atoms with Gasteiger partial charge >= 0.3 is 11.9 Å². The van der Waals surface area contributed by atoms with E-state index in [-0.39, 0.29) is 16.4 Å². The number of nitrogens with one attached hydrogen (secondary N) is 1. The monoisotopic (exact) mass is 780 g/mol. The van der Waals surface area contributed by atoms with Crippen LogP contribution in [0.4, 0.5) is 10.3 Å². The molecule has 278 valence electrons. The van der Waals surface area contributed by atoms with Gasteiger partial charge in [-0.25, -0.2) is 28.0 Å². The molecule has 0 bridgehead atoms. The molecular weight excluding hydrogens is 745 g/mol. The van der Waals surface area contributed by atoms with E-state index in [1.54, 1.807) is 24.3 Å². The largest absolute Gasteiger partial charge is 0.465 e. The lowest BCUT2D eigenvalue weighted by Gasteiger charge is -2.20. The average molecular weight is 781 g/mol.